The number of carbonyl (C=O) groups excluding carboxylic acids is 1. The number of hydrogen-bond donors (Lipinski definition) is 0. The molecule has 0 atom stereocenters. The van der Waals surface area contributed by atoms with E-state index < -0.39 is 16.0 Å². The second-order valence-corrected chi connectivity index (χ2v) is 8.26. The van der Waals surface area contributed by atoms with E-state index in [9.17, 15) is 13.2 Å². The largest absolute Gasteiger partial charge is 0.462 e. The molecule has 0 amide bonds. The fourth-order valence-electron chi connectivity index (χ4n) is 2.67. The number of anilines is 1. The molecule has 0 aliphatic rings. The monoisotopic (exact) mass is 393 g/mol. The lowest BCUT2D eigenvalue weighted by Crippen LogP contribution is -2.31. The quantitative estimate of drug-likeness (QED) is 0.523. The van der Waals surface area contributed by atoms with Gasteiger partial charge < -0.3 is 4.74 Å². The molecule has 0 N–H and O–H groups in total. The summed E-state index contributed by atoms with van der Waals surface area (Å²) >= 11 is 1.55. The average Bonchev–Trinajstić information content (AvgIpc) is 2.63. The molecule has 0 fully saturated rings. The van der Waals surface area contributed by atoms with Crippen LogP contribution in [0.4, 0.5) is 5.69 Å². The maximum absolute atomic E-state index is 13.1. The number of ether oxygens (including phenoxy) is 1. The van der Waals surface area contributed by atoms with E-state index in [1.54, 1.807) is 75.0 Å². The van der Waals surface area contributed by atoms with Crippen molar-refractivity contribution in [1.82, 2.24) is 0 Å². The van der Waals surface area contributed by atoms with E-state index in [0.29, 0.717) is 16.8 Å². The zero-order valence-electron chi connectivity index (χ0n) is 15.4. The second-order valence-electron chi connectivity index (χ2n) is 5.52. The molecule has 0 unspecified atom stereocenters. The van der Waals surface area contributed by atoms with Gasteiger partial charge in [0, 0.05) is 11.4 Å². The van der Waals surface area contributed by atoms with Crippen molar-refractivity contribution in [3.05, 3.63) is 53.6 Å². The Morgan fingerprint density at radius 2 is 1.77 bits per heavy atom. The van der Waals surface area contributed by atoms with Crippen LogP contribution in [0.25, 0.3) is 0 Å². The van der Waals surface area contributed by atoms with Gasteiger partial charge in [-0.3, -0.25) is 4.31 Å². The van der Waals surface area contributed by atoms with E-state index in [1.807, 2.05) is 6.26 Å². The molecule has 2 rings (SSSR count). The molecule has 140 valence electrons. The average molecular weight is 394 g/mol. The number of nitrogens with zero attached hydrogens (tertiary/aromatic N) is 1. The maximum atomic E-state index is 13.1. The SMILES string of the molecule is CCOC(=O)c1cccc(N(CC)S(=O)(=O)c2ccc(SC)cc2)c1C. The van der Waals surface area contributed by atoms with Crippen LogP contribution in [-0.2, 0) is 14.8 Å². The fourth-order valence-corrected chi connectivity index (χ4v) is 4.61. The van der Waals surface area contributed by atoms with Crippen LogP contribution in [0.15, 0.2) is 52.3 Å². The van der Waals surface area contributed by atoms with Gasteiger partial charge in [-0.05, 0) is 69.0 Å². The first-order valence-electron chi connectivity index (χ1n) is 8.30. The summed E-state index contributed by atoms with van der Waals surface area (Å²) < 4.78 is 32.6. The molecule has 2 aromatic rings. The van der Waals surface area contributed by atoms with E-state index in [0.717, 1.165) is 4.90 Å². The fraction of sp³-hybridized carbons (Fsp3) is 0.316. The van der Waals surface area contributed by atoms with Crippen LogP contribution in [0.2, 0.25) is 0 Å². The van der Waals surface area contributed by atoms with Gasteiger partial charge in [-0.15, -0.1) is 11.8 Å². The van der Waals surface area contributed by atoms with Crippen LogP contribution in [0.1, 0.15) is 29.8 Å². The Hall–Kier alpha value is -1.99. The molecule has 0 bridgehead atoms. The zero-order valence-corrected chi connectivity index (χ0v) is 17.0. The maximum Gasteiger partial charge on any atom is 0.338 e. The molecule has 0 spiro atoms. The molecular weight excluding hydrogens is 370 g/mol. The van der Waals surface area contributed by atoms with Crippen molar-refractivity contribution >= 4 is 33.4 Å². The second kappa shape index (κ2) is 8.60. The van der Waals surface area contributed by atoms with Crippen molar-refractivity contribution in [2.75, 3.05) is 23.7 Å². The van der Waals surface area contributed by atoms with Crippen molar-refractivity contribution < 1.29 is 17.9 Å². The molecule has 0 radical (unpaired) electrons. The Morgan fingerprint density at radius 3 is 2.31 bits per heavy atom. The van der Waals surface area contributed by atoms with Crippen LogP contribution in [0.5, 0.6) is 0 Å². The Morgan fingerprint density at radius 1 is 1.12 bits per heavy atom. The third kappa shape index (κ3) is 4.04. The van der Waals surface area contributed by atoms with Gasteiger partial charge in [-0.1, -0.05) is 6.07 Å². The minimum Gasteiger partial charge on any atom is -0.462 e. The van der Waals surface area contributed by atoms with E-state index in [2.05, 4.69) is 0 Å². The number of rotatable bonds is 7. The van der Waals surface area contributed by atoms with Gasteiger partial charge in [0.1, 0.15) is 0 Å². The predicted molar refractivity (Wildman–Crippen MR) is 106 cm³/mol. The summed E-state index contributed by atoms with van der Waals surface area (Å²) in [5.74, 6) is -0.454. The third-order valence-electron chi connectivity index (χ3n) is 4.00. The predicted octanol–water partition coefficient (Wildman–Crippen LogP) is 4.11. The van der Waals surface area contributed by atoms with Crippen LogP contribution in [0, 0.1) is 6.92 Å². The number of sulfonamides is 1. The number of hydrogen-bond acceptors (Lipinski definition) is 5. The Kier molecular flexibility index (Phi) is 6.72. The van der Waals surface area contributed by atoms with Crippen LogP contribution in [0.3, 0.4) is 0 Å². The molecule has 0 saturated carbocycles. The minimum absolute atomic E-state index is 0.220. The van der Waals surface area contributed by atoms with Gasteiger partial charge in [-0.25, -0.2) is 13.2 Å². The van der Waals surface area contributed by atoms with E-state index in [1.165, 1.54) is 4.31 Å². The highest BCUT2D eigenvalue weighted by Gasteiger charge is 2.26. The number of carbonyl (C=O) groups is 1. The first-order chi connectivity index (χ1) is 12.4. The van der Waals surface area contributed by atoms with Gasteiger partial charge in [-0.2, -0.15) is 0 Å². The van der Waals surface area contributed by atoms with Crippen LogP contribution >= 0.6 is 11.8 Å². The summed E-state index contributed by atoms with van der Waals surface area (Å²) in [6.07, 6.45) is 1.94. The van der Waals surface area contributed by atoms with Crippen molar-refractivity contribution in [2.45, 2.75) is 30.6 Å². The van der Waals surface area contributed by atoms with Crippen molar-refractivity contribution in [2.24, 2.45) is 0 Å². The Bertz CT molecular complexity index is 877. The van der Waals surface area contributed by atoms with Crippen LogP contribution in [-0.4, -0.2) is 33.8 Å². The van der Waals surface area contributed by atoms with Gasteiger partial charge in [0.15, 0.2) is 0 Å². The first kappa shape index (κ1) is 20.3. The summed E-state index contributed by atoms with van der Waals surface area (Å²) in [6.45, 7) is 5.75. The first-order valence-corrected chi connectivity index (χ1v) is 11.0. The highest BCUT2D eigenvalue weighted by atomic mass is 32.2. The highest BCUT2D eigenvalue weighted by Crippen LogP contribution is 2.29. The zero-order chi connectivity index (χ0) is 19.3. The molecule has 0 aromatic heterocycles. The molecular formula is C19H23NO4S2. The molecule has 0 heterocycles. The summed E-state index contributed by atoms with van der Waals surface area (Å²) in [7, 11) is -3.73. The lowest BCUT2D eigenvalue weighted by molar-refractivity contribution is 0.0525. The Labute approximate surface area is 159 Å². The standard InChI is InChI=1S/C19H23NO4S2/c1-5-20(26(22,23)16-12-10-15(25-4)11-13-16)18-9-7-8-17(14(18)3)19(21)24-6-2/h7-13H,5-6H2,1-4H3. The van der Waals surface area contributed by atoms with Gasteiger partial charge in [0.05, 0.1) is 22.8 Å². The number of benzene rings is 2. The van der Waals surface area contributed by atoms with Crippen molar-refractivity contribution in [3.63, 3.8) is 0 Å². The van der Waals surface area contributed by atoms with E-state index in [-0.39, 0.29) is 18.0 Å². The summed E-state index contributed by atoms with van der Waals surface area (Å²) in [5, 5.41) is 0. The number of thioether (sulfide) groups is 1. The lowest BCUT2D eigenvalue weighted by atomic mass is 10.1. The minimum atomic E-state index is -3.73. The summed E-state index contributed by atoms with van der Waals surface area (Å²) in [5.41, 5.74) is 1.43. The molecule has 0 aliphatic heterocycles. The molecule has 0 aliphatic carbocycles. The van der Waals surface area contributed by atoms with Crippen molar-refractivity contribution in [1.29, 1.82) is 0 Å². The van der Waals surface area contributed by atoms with Gasteiger partial charge >= 0.3 is 5.97 Å². The van der Waals surface area contributed by atoms with E-state index >= 15 is 0 Å². The van der Waals surface area contributed by atoms with Crippen LogP contribution < -0.4 is 4.31 Å². The normalized spacial score (nSPS) is 11.2. The molecule has 0 saturated heterocycles. The lowest BCUT2D eigenvalue weighted by Gasteiger charge is -2.25. The van der Waals surface area contributed by atoms with Crippen molar-refractivity contribution in [3.8, 4) is 0 Å². The molecule has 5 nitrogen and oxygen atoms in total. The summed E-state index contributed by atoms with van der Waals surface area (Å²) in [6, 6.07) is 11.8. The van der Waals surface area contributed by atoms with Gasteiger partial charge in [0.2, 0.25) is 0 Å². The smallest absolute Gasteiger partial charge is 0.338 e. The van der Waals surface area contributed by atoms with E-state index in [4.69, 9.17) is 4.74 Å². The molecule has 7 heteroatoms. The Balaban J connectivity index is 2.50. The van der Waals surface area contributed by atoms with Gasteiger partial charge in [0.25, 0.3) is 10.0 Å². The highest BCUT2D eigenvalue weighted by molar-refractivity contribution is 7.98. The third-order valence-corrected chi connectivity index (χ3v) is 6.65. The molecule has 2 aromatic carbocycles. The molecule has 26 heavy (non-hydrogen) atoms. The summed E-state index contributed by atoms with van der Waals surface area (Å²) in [4.78, 5) is 13.3. The number of esters is 1. The topological polar surface area (TPSA) is 63.7 Å².